The molecule has 2 aliphatic heterocycles. The summed E-state index contributed by atoms with van der Waals surface area (Å²) in [5, 5.41) is 7.52. The number of pyridine rings is 1. The molecule has 0 saturated heterocycles. The molecule has 0 amide bonds. The van der Waals surface area contributed by atoms with Crippen LogP contribution in [0, 0.1) is 0 Å². The molecule has 27 heavy (non-hydrogen) atoms. The normalized spacial score (nSPS) is 20.2. The van der Waals surface area contributed by atoms with Gasteiger partial charge in [0.2, 0.25) is 0 Å². The fourth-order valence-electron chi connectivity index (χ4n) is 3.65. The van der Waals surface area contributed by atoms with Gasteiger partial charge < -0.3 is 15.4 Å². The van der Waals surface area contributed by atoms with Crippen LogP contribution < -0.4 is 10.6 Å². The summed E-state index contributed by atoms with van der Waals surface area (Å²) in [4.78, 5) is 9.12. The van der Waals surface area contributed by atoms with Crippen molar-refractivity contribution in [1.29, 1.82) is 0 Å². The maximum Gasteiger partial charge on any atom is 0.190 e. The summed E-state index contributed by atoms with van der Waals surface area (Å²) in [6.45, 7) is 1.56. The number of nitrogens with one attached hydrogen (secondary N) is 2. The highest BCUT2D eigenvalue weighted by molar-refractivity contribution is 6.30. The molecule has 1 aromatic carbocycles. The van der Waals surface area contributed by atoms with Crippen molar-refractivity contribution < 1.29 is 4.74 Å². The molecule has 2 aromatic rings. The molecule has 0 spiro atoms. The van der Waals surface area contributed by atoms with E-state index < -0.39 is 0 Å². The van der Waals surface area contributed by atoms with Crippen LogP contribution in [-0.4, -0.2) is 24.5 Å². The molecule has 1 unspecified atom stereocenters. The molecule has 1 atom stereocenters. The van der Waals surface area contributed by atoms with E-state index in [0.29, 0.717) is 12.5 Å². The lowest BCUT2D eigenvalue weighted by Gasteiger charge is -2.24. The molecule has 5 nitrogen and oxygen atoms in total. The molecule has 0 fully saturated rings. The highest BCUT2D eigenvalue weighted by Gasteiger charge is 2.27. The summed E-state index contributed by atoms with van der Waals surface area (Å²) in [6, 6.07) is 12.0. The predicted molar refractivity (Wildman–Crippen MR) is 109 cm³/mol. The average molecular weight is 383 g/mol. The molecule has 0 saturated carbocycles. The highest BCUT2D eigenvalue weighted by Crippen LogP contribution is 2.36. The van der Waals surface area contributed by atoms with Gasteiger partial charge in [0, 0.05) is 30.1 Å². The lowest BCUT2D eigenvalue weighted by molar-refractivity contribution is 0.263. The van der Waals surface area contributed by atoms with Gasteiger partial charge in [0.05, 0.1) is 13.7 Å². The van der Waals surface area contributed by atoms with Gasteiger partial charge in [-0.05, 0) is 47.7 Å². The Morgan fingerprint density at radius 3 is 2.89 bits per heavy atom. The Morgan fingerprint density at radius 2 is 2.07 bits per heavy atom. The number of aromatic nitrogens is 1. The van der Waals surface area contributed by atoms with Crippen molar-refractivity contribution in [3.63, 3.8) is 0 Å². The minimum atomic E-state index is 0.434. The third-order valence-corrected chi connectivity index (χ3v) is 5.35. The number of ether oxygens (including phenoxy) is 1. The second-order valence-corrected chi connectivity index (χ2v) is 7.31. The van der Waals surface area contributed by atoms with Crippen LogP contribution in [-0.2, 0) is 11.3 Å². The summed E-state index contributed by atoms with van der Waals surface area (Å²) < 4.78 is 5.63. The number of amidine groups is 1. The first kappa shape index (κ1) is 17.9. The van der Waals surface area contributed by atoms with Crippen molar-refractivity contribution in [3.8, 4) is 0 Å². The molecule has 2 N–H and O–H groups in total. The average Bonchev–Trinajstić information content (AvgIpc) is 3.11. The topological polar surface area (TPSA) is 58.5 Å². The molecule has 3 heterocycles. The van der Waals surface area contributed by atoms with Gasteiger partial charge in [-0.2, -0.15) is 0 Å². The second-order valence-electron chi connectivity index (χ2n) is 6.87. The van der Waals surface area contributed by atoms with Gasteiger partial charge in [0.15, 0.2) is 5.88 Å². The molecule has 140 valence electrons. The Hall–Kier alpha value is -2.53. The van der Waals surface area contributed by atoms with E-state index in [1.54, 1.807) is 7.11 Å². The maximum atomic E-state index is 5.94. The van der Waals surface area contributed by atoms with E-state index >= 15 is 0 Å². The number of rotatable bonds is 5. The minimum absolute atomic E-state index is 0.434. The molecule has 0 bridgehead atoms. The molecule has 2 aliphatic rings. The fraction of sp³-hybridized carbons (Fsp3) is 0.333. The Kier molecular flexibility index (Phi) is 5.30. The van der Waals surface area contributed by atoms with Crippen LogP contribution in [0.1, 0.15) is 36.3 Å². The number of nitrogens with zero attached hydrogens (tertiary/aromatic N) is 2. The largest absolute Gasteiger partial charge is 0.482 e. The van der Waals surface area contributed by atoms with Crippen molar-refractivity contribution in [1.82, 2.24) is 10.3 Å². The van der Waals surface area contributed by atoms with Crippen LogP contribution in [0.3, 0.4) is 0 Å². The maximum absolute atomic E-state index is 5.94. The van der Waals surface area contributed by atoms with Crippen molar-refractivity contribution >= 4 is 23.3 Å². The molecule has 6 heteroatoms. The Balaban J connectivity index is 1.44. The van der Waals surface area contributed by atoms with E-state index in [-0.39, 0.29) is 0 Å². The van der Waals surface area contributed by atoms with Crippen LogP contribution >= 0.6 is 11.6 Å². The van der Waals surface area contributed by atoms with Crippen LogP contribution in [0.4, 0.5) is 5.82 Å². The zero-order chi connectivity index (χ0) is 18.6. The third-order valence-electron chi connectivity index (χ3n) is 5.10. The van der Waals surface area contributed by atoms with Gasteiger partial charge in [0.1, 0.15) is 11.7 Å². The number of aliphatic imine (C=N–C) groups is 1. The summed E-state index contributed by atoms with van der Waals surface area (Å²) in [5.41, 5.74) is 3.75. The number of anilines is 1. The van der Waals surface area contributed by atoms with Crippen LogP contribution in [0.5, 0.6) is 0 Å². The van der Waals surface area contributed by atoms with Gasteiger partial charge >= 0.3 is 0 Å². The summed E-state index contributed by atoms with van der Waals surface area (Å²) in [5.74, 6) is 3.25. The summed E-state index contributed by atoms with van der Waals surface area (Å²) >= 11 is 5.94. The van der Waals surface area contributed by atoms with Crippen LogP contribution in [0.2, 0.25) is 5.02 Å². The van der Waals surface area contributed by atoms with Crippen LogP contribution in [0.15, 0.2) is 59.0 Å². The van der Waals surface area contributed by atoms with E-state index in [4.69, 9.17) is 21.3 Å². The van der Waals surface area contributed by atoms with Gasteiger partial charge in [0.25, 0.3) is 0 Å². The quantitative estimate of drug-likeness (QED) is 0.800. The summed E-state index contributed by atoms with van der Waals surface area (Å²) in [7, 11) is 1.72. The first-order valence-electron chi connectivity index (χ1n) is 9.22. The smallest absolute Gasteiger partial charge is 0.190 e. The van der Waals surface area contributed by atoms with Gasteiger partial charge in [-0.1, -0.05) is 29.8 Å². The minimum Gasteiger partial charge on any atom is -0.482 e. The number of allylic oxidation sites excluding steroid dienone is 1. The lowest BCUT2D eigenvalue weighted by Crippen LogP contribution is -2.30. The van der Waals surface area contributed by atoms with Gasteiger partial charge in [-0.15, -0.1) is 0 Å². The first-order valence-corrected chi connectivity index (χ1v) is 9.60. The van der Waals surface area contributed by atoms with Gasteiger partial charge in [-0.3, -0.25) is 4.99 Å². The number of methoxy groups -OCH3 is 1. The van der Waals surface area contributed by atoms with Crippen molar-refractivity contribution in [2.75, 3.05) is 19.0 Å². The van der Waals surface area contributed by atoms with Crippen molar-refractivity contribution in [3.05, 3.63) is 70.2 Å². The van der Waals surface area contributed by atoms with Crippen LogP contribution in [0.25, 0.3) is 0 Å². The summed E-state index contributed by atoms with van der Waals surface area (Å²) in [6.07, 6.45) is 4.66. The Labute approximate surface area is 164 Å². The standard InChI is InChI=1S/C21H23ClN4O/c1-27-21-15(11-16-13-25-20-18(16)3-2-10-23-20)6-9-19(26-21)24-12-14-4-7-17(22)8-5-14/h2-5,7-8,10,16H,6,9,11-13H2,1H3,(H,23,25)(H,24,26). The zero-order valence-electron chi connectivity index (χ0n) is 15.3. The highest BCUT2D eigenvalue weighted by atomic mass is 35.5. The zero-order valence-corrected chi connectivity index (χ0v) is 16.1. The van der Waals surface area contributed by atoms with E-state index in [9.17, 15) is 0 Å². The SMILES string of the molecule is COC1=C(CC2CNc3ncccc32)CCC(=NCc2ccc(Cl)cc2)N1. The van der Waals surface area contributed by atoms with Crippen molar-refractivity contribution in [2.24, 2.45) is 4.99 Å². The third kappa shape index (κ3) is 4.08. The number of hydrogen-bond acceptors (Lipinski definition) is 4. The van der Waals surface area contributed by atoms with Crippen molar-refractivity contribution in [2.45, 2.75) is 31.7 Å². The fourth-order valence-corrected chi connectivity index (χ4v) is 3.78. The number of fused-ring (bicyclic) bond motifs is 1. The number of halogens is 1. The molecule has 1 aromatic heterocycles. The molecule has 0 aliphatic carbocycles. The number of hydrogen-bond donors (Lipinski definition) is 2. The van der Waals surface area contributed by atoms with E-state index in [0.717, 1.165) is 53.9 Å². The van der Waals surface area contributed by atoms with E-state index in [1.165, 1.54) is 11.1 Å². The monoisotopic (exact) mass is 382 g/mol. The number of benzene rings is 1. The second kappa shape index (κ2) is 8.01. The predicted octanol–water partition coefficient (Wildman–Crippen LogP) is 4.47. The van der Waals surface area contributed by atoms with Gasteiger partial charge in [-0.25, -0.2) is 4.98 Å². The van der Waals surface area contributed by atoms with E-state index in [2.05, 4.69) is 21.7 Å². The molecular weight excluding hydrogens is 360 g/mol. The lowest BCUT2D eigenvalue weighted by atomic mass is 9.91. The Morgan fingerprint density at radius 1 is 1.22 bits per heavy atom. The molecule has 4 rings (SSSR count). The Bertz CT molecular complexity index is 876. The first-order chi connectivity index (χ1) is 13.2. The molecular formula is C21H23ClN4O. The molecule has 0 radical (unpaired) electrons. The van der Waals surface area contributed by atoms with E-state index in [1.807, 2.05) is 36.5 Å².